The number of rotatable bonds is 8. The van der Waals surface area contributed by atoms with Crippen molar-refractivity contribution in [3.05, 3.63) is 0 Å². The van der Waals surface area contributed by atoms with E-state index in [4.69, 9.17) is 52.1 Å². The average molecular weight is 1880 g/mol. The summed E-state index contributed by atoms with van der Waals surface area (Å²) in [4.78, 5) is 168. The van der Waals surface area contributed by atoms with E-state index in [0.29, 0.717) is 128 Å². The molecule has 135 heavy (non-hydrogen) atoms. The standard InChI is InChI=1S/C112H168O23/c1-57-21-33-89(121)69-37-41-105(13)70(45-69)49-90(125-61(5)113)101-81-30-26-78(110(81,18)94(53-85(101)105)129-65(9)117)58(2)22-34-98(122)134-75-39-43-107(15)72(47-75)51-92(127-63(7)115)103-83-32-28-80(112(83,20)96(55-87(103)107)131-67(11)119)60(4)24-36-100(124)135-76-40-44-108(16)73(48-76)52-93(128-64(8)116)104-84-31-27-79(111(84,19)97(56-88(104)108)132-68(12)120)59(3)23-35-99(123)133-74-38-42-106(14)71(46-74)50-91(126-62(6)114)102-82-29-25-77(57)109(82,17)95(54-86(102)106)130-66(10)118/h57-60,69-88,90-97,101-104H,21-56H2,1-20H3/t57-,58-,59-,60-,69-,70+,71+,72+,73+,74-,75-,76-,77-,78-,79-,80-,81+,82+,83+,84+,85+,86+,87+,88+,90-,91-,92-,93-,94+,95+,96+,97+,101+,102+,103+,104+,105+,106+,107+,108+,109-,110-,111-,112-/m1/s1. The number of ketones is 1. The number of esters is 11. The van der Waals surface area contributed by atoms with Crippen LogP contribution in [-0.2, 0) is 110 Å². The molecule has 23 heteroatoms. The second-order valence-corrected chi connectivity index (χ2v) is 50.7. The Labute approximate surface area is 804 Å². The monoisotopic (exact) mass is 1880 g/mol. The summed E-state index contributed by atoms with van der Waals surface area (Å²) in [6.07, 6.45) is 19.5. The molecule has 16 saturated heterocycles. The first kappa shape index (κ1) is 100. The molecular formula is C112H168O23. The van der Waals surface area contributed by atoms with E-state index in [-0.39, 0.29) is 279 Å². The number of carbonyl (C=O) groups excluding carboxylic acids is 12. The number of hydrogen-bond donors (Lipinski definition) is 0. The molecule has 32 bridgehead atoms. The molecule has 16 heterocycles. The number of Topliss-reactive ketones (excluding diaryl/α,β-unsaturated/α-hetero) is 1. The second-order valence-electron chi connectivity index (χ2n) is 50.7. The highest BCUT2D eigenvalue weighted by molar-refractivity contribution is 5.81. The highest BCUT2D eigenvalue weighted by Gasteiger charge is 2.74. The molecule has 0 aromatic rings. The lowest BCUT2D eigenvalue weighted by Crippen LogP contribution is -2.63. The van der Waals surface area contributed by atoms with Crippen LogP contribution in [0.1, 0.15) is 370 Å². The van der Waals surface area contributed by atoms with Crippen molar-refractivity contribution in [3.8, 4) is 0 Å². The van der Waals surface area contributed by atoms with Crippen molar-refractivity contribution in [3.63, 3.8) is 0 Å². The SMILES string of the molecule is CC(=O)O[C@H]1C[C@H]2[C@H]3[C@H](OC(C)=O)C[C@@H]4C[C@@H](CC[C@@]42C)OC(=O)CC[C@@H](C)[C@H]2CC[C@H]4[C@@H]5[C@H](OC(C)=O)C[C@@H]6C[C@@H](CC[C@]6(C)[C@H]5C[C@H](OC(C)=O)[C@]24C)OC(=O)CC[C@@H](C)[C@H]2CC[C@H]4[C@@H]5[C@H](OC(C)=O)C[C@@H]6C[C@@H](CC[C@]6(C)[C@H]5C[C@H](OC(C)=O)[C@]24C)C(=O)CC[C@@H](C)[C@H]2CC[C@H]4[C@@H]5[C@H](OC(C)=O)C[C@@H]6C[C@@H](CC[C@]6(C)[C@H]5C[C@H](OC(C)=O)[C@]24C)OC(=O)CC[C@@H](C)[C@H]2CC[C@@H]3[C@]12C. The summed E-state index contributed by atoms with van der Waals surface area (Å²) in [5, 5.41) is 0. The van der Waals surface area contributed by atoms with E-state index in [1.54, 1.807) is 0 Å². The predicted molar refractivity (Wildman–Crippen MR) is 500 cm³/mol. The van der Waals surface area contributed by atoms with E-state index in [9.17, 15) is 52.7 Å². The topological polar surface area (TPSA) is 306 Å². The molecule has 16 aliphatic heterocycles. The molecule has 0 aromatic heterocycles. The Bertz CT molecular complexity index is 4460. The van der Waals surface area contributed by atoms with Gasteiger partial charge < -0.3 is 52.1 Å². The summed E-state index contributed by atoms with van der Waals surface area (Å²) in [6.45, 7) is 39.8. The molecule has 23 nitrogen and oxygen atoms in total. The van der Waals surface area contributed by atoms with E-state index in [1.165, 1.54) is 55.4 Å². The fourth-order valence-corrected chi connectivity index (χ4v) is 38.9. The third kappa shape index (κ3) is 17.7. The van der Waals surface area contributed by atoms with Crippen LogP contribution in [0.4, 0.5) is 0 Å². The molecule has 0 amide bonds. The van der Waals surface area contributed by atoms with Crippen LogP contribution in [0.2, 0.25) is 0 Å². The van der Waals surface area contributed by atoms with Crippen LogP contribution in [-0.4, -0.2) is 139 Å². The first-order valence-electron chi connectivity index (χ1n) is 54.2. The number of hydrogen-bond acceptors (Lipinski definition) is 23. The lowest BCUT2D eigenvalue weighted by Gasteiger charge is -2.64. The summed E-state index contributed by atoms with van der Waals surface area (Å²) < 4.78 is 72.7. The summed E-state index contributed by atoms with van der Waals surface area (Å²) in [5.74, 6) is -2.16. The fourth-order valence-electron chi connectivity index (χ4n) is 38.9. The third-order valence-electron chi connectivity index (χ3n) is 44.9. The van der Waals surface area contributed by atoms with Crippen molar-refractivity contribution in [1.82, 2.24) is 0 Å². The zero-order valence-electron chi connectivity index (χ0n) is 85.6. The van der Waals surface area contributed by atoms with E-state index in [0.717, 1.165) is 83.5 Å². The summed E-state index contributed by atoms with van der Waals surface area (Å²) in [5.41, 5.74) is -2.93. The average Bonchev–Trinajstić information content (AvgIpc) is 1.65. The van der Waals surface area contributed by atoms with Crippen LogP contribution in [0.15, 0.2) is 0 Å². The van der Waals surface area contributed by atoms with Crippen LogP contribution < -0.4 is 0 Å². The van der Waals surface area contributed by atoms with Crippen LogP contribution in [0, 0.1) is 191 Å². The van der Waals surface area contributed by atoms with Crippen molar-refractivity contribution in [2.75, 3.05) is 0 Å². The Morgan fingerprint density at radius 1 is 0.244 bits per heavy atom. The quantitative estimate of drug-likeness (QED) is 0.161. The Balaban J connectivity index is 0.633. The van der Waals surface area contributed by atoms with Gasteiger partial charge in [0.15, 0.2) is 0 Å². The normalized spacial score (nSPS) is 50.2. The summed E-state index contributed by atoms with van der Waals surface area (Å²) in [7, 11) is 0. The maximum absolute atomic E-state index is 15.2. The van der Waals surface area contributed by atoms with Crippen molar-refractivity contribution >= 4 is 71.4 Å². The van der Waals surface area contributed by atoms with Gasteiger partial charge in [0.2, 0.25) is 0 Å². The molecular weight excluding hydrogens is 1710 g/mol. The fraction of sp³-hybridized carbons (Fsp3) is 0.893. The minimum atomic E-state index is -0.500. The minimum Gasteiger partial charge on any atom is -0.462 e. The van der Waals surface area contributed by atoms with Crippen molar-refractivity contribution in [2.45, 2.75) is 437 Å². The van der Waals surface area contributed by atoms with Crippen molar-refractivity contribution in [2.24, 2.45) is 191 Å². The number of carbonyl (C=O) groups is 12. The van der Waals surface area contributed by atoms with Gasteiger partial charge in [-0.15, -0.1) is 0 Å². The smallest absolute Gasteiger partial charge is 0.306 e. The Hall–Kier alpha value is -6.16. The first-order chi connectivity index (χ1) is 63.7. The van der Waals surface area contributed by atoms with Crippen LogP contribution in [0.5, 0.6) is 0 Å². The Morgan fingerprint density at radius 3 is 0.696 bits per heavy atom. The molecule has 16 aliphatic carbocycles. The van der Waals surface area contributed by atoms with Gasteiger partial charge in [-0.25, -0.2) is 0 Å². The zero-order chi connectivity index (χ0) is 96.9. The van der Waals surface area contributed by atoms with Gasteiger partial charge in [0.1, 0.15) is 72.9 Å². The summed E-state index contributed by atoms with van der Waals surface area (Å²) >= 11 is 0. The van der Waals surface area contributed by atoms with Crippen LogP contribution in [0.25, 0.3) is 0 Å². The van der Waals surface area contributed by atoms with Crippen molar-refractivity contribution in [1.29, 1.82) is 0 Å². The lowest BCUT2D eigenvalue weighted by atomic mass is 9.42. The van der Waals surface area contributed by atoms with Crippen molar-refractivity contribution < 1.29 is 110 Å². The van der Waals surface area contributed by atoms with Gasteiger partial charge in [-0.3, -0.25) is 57.5 Å². The third-order valence-corrected chi connectivity index (χ3v) is 44.9. The van der Waals surface area contributed by atoms with E-state index >= 15 is 4.79 Å². The molecule has 0 aromatic carbocycles. The molecule has 0 radical (unpaired) electrons. The van der Waals surface area contributed by atoms with Gasteiger partial charge in [-0.05, 0) is 345 Å². The maximum atomic E-state index is 15.2. The molecule has 754 valence electrons. The molecule has 32 aliphatic rings. The van der Waals surface area contributed by atoms with Gasteiger partial charge >= 0.3 is 65.7 Å². The summed E-state index contributed by atoms with van der Waals surface area (Å²) in [6, 6.07) is 0. The second kappa shape index (κ2) is 37.9. The van der Waals surface area contributed by atoms with Crippen LogP contribution in [0.3, 0.4) is 0 Å². The maximum Gasteiger partial charge on any atom is 0.306 e. The minimum absolute atomic E-state index is 0.000760. The molecule has 0 unspecified atom stereocenters. The first-order valence-corrected chi connectivity index (χ1v) is 54.2. The Morgan fingerprint density at radius 2 is 0.459 bits per heavy atom. The molecule has 16 saturated carbocycles. The van der Waals surface area contributed by atoms with Crippen LogP contribution >= 0.6 is 0 Å². The molecule has 32 fully saturated rings. The lowest BCUT2D eigenvalue weighted by molar-refractivity contribution is -0.225. The molecule has 32 rings (SSSR count). The van der Waals surface area contributed by atoms with Gasteiger partial charge in [0.25, 0.3) is 0 Å². The number of ether oxygens (including phenoxy) is 11. The van der Waals surface area contributed by atoms with Gasteiger partial charge in [-0.2, -0.15) is 0 Å². The highest BCUT2D eigenvalue weighted by atomic mass is 16.6. The largest absolute Gasteiger partial charge is 0.462 e. The van der Waals surface area contributed by atoms with Gasteiger partial charge in [0, 0.05) is 132 Å². The Kier molecular flexibility index (Phi) is 28.2. The molecule has 44 atom stereocenters. The van der Waals surface area contributed by atoms with E-state index in [1.807, 2.05) is 0 Å². The van der Waals surface area contributed by atoms with Gasteiger partial charge in [0.05, 0.1) is 0 Å². The molecule has 0 N–H and O–H groups in total. The zero-order valence-corrected chi connectivity index (χ0v) is 85.6. The van der Waals surface area contributed by atoms with E-state index < -0.39 is 70.5 Å². The van der Waals surface area contributed by atoms with Gasteiger partial charge in [-0.1, -0.05) is 83.1 Å². The molecule has 0 spiro atoms. The highest BCUT2D eigenvalue weighted by Crippen LogP contribution is 2.76. The predicted octanol–water partition coefficient (Wildman–Crippen LogP) is 20.6. The van der Waals surface area contributed by atoms with E-state index in [2.05, 4.69) is 83.1 Å².